The van der Waals surface area contributed by atoms with Gasteiger partial charge in [-0.2, -0.15) is 0 Å². The number of likely N-dealkylation sites (N-methyl/N-ethyl adjacent to an activating group) is 1. The highest BCUT2D eigenvalue weighted by Gasteiger charge is 2.14. The lowest BCUT2D eigenvalue weighted by Gasteiger charge is -2.24. The maximum absolute atomic E-state index is 10.7. The molecule has 0 spiro atoms. The van der Waals surface area contributed by atoms with Crippen molar-refractivity contribution in [2.24, 2.45) is 0 Å². The van der Waals surface area contributed by atoms with Crippen molar-refractivity contribution in [2.75, 3.05) is 13.6 Å². The lowest BCUT2D eigenvalue weighted by atomic mass is 9.98. The van der Waals surface area contributed by atoms with E-state index in [0.29, 0.717) is 5.56 Å². The smallest absolute Gasteiger partial charge is 0.335 e. The SMILES string of the molecule is CC.CN1CCc2cc(C(=O)O)ccc2C1. The third kappa shape index (κ3) is 2.83. The van der Waals surface area contributed by atoms with Gasteiger partial charge in [0.2, 0.25) is 0 Å². The molecule has 1 aromatic rings. The predicted octanol–water partition coefficient (Wildman–Crippen LogP) is 2.40. The number of aromatic carboxylic acids is 1. The van der Waals surface area contributed by atoms with Crippen molar-refractivity contribution in [3.8, 4) is 0 Å². The van der Waals surface area contributed by atoms with Crippen LogP contribution >= 0.6 is 0 Å². The van der Waals surface area contributed by atoms with E-state index in [1.807, 2.05) is 19.9 Å². The van der Waals surface area contributed by atoms with Gasteiger partial charge in [0.25, 0.3) is 0 Å². The molecular weight excluding hydrogens is 202 g/mol. The minimum Gasteiger partial charge on any atom is -0.478 e. The third-order valence-electron chi connectivity index (χ3n) is 2.66. The molecule has 2 rings (SSSR count). The number of carboxylic acids is 1. The van der Waals surface area contributed by atoms with Crippen molar-refractivity contribution in [1.82, 2.24) is 4.90 Å². The maximum atomic E-state index is 10.7. The molecule has 0 atom stereocenters. The molecule has 0 radical (unpaired) electrons. The highest BCUT2D eigenvalue weighted by Crippen LogP contribution is 2.19. The van der Waals surface area contributed by atoms with Gasteiger partial charge in [-0.1, -0.05) is 19.9 Å². The standard InChI is InChI=1S/C11H13NO2.C2H6/c1-12-5-4-8-6-9(11(13)14)2-3-10(8)7-12;1-2/h2-3,6H,4-5,7H2,1H3,(H,13,14);1-2H3. The molecule has 16 heavy (non-hydrogen) atoms. The molecule has 1 heterocycles. The van der Waals surface area contributed by atoms with Gasteiger partial charge in [0.15, 0.2) is 0 Å². The zero-order chi connectivity index (χ0) is 12.1. The van der Waals surface area contributed by atoms with Crippen LogP contribution in [0.25, 0.3) is 0 Å². The molecule has 0 aliphatic carbocycles. The second-order valence-electron chi connectivity index (χ2n) is 3.78. The van der Waals surface area contributed by atoms with Crippen molar-refractivity contribution in [3.05, 3.63) is 34.9 Å². The number of benzene rings is 1. The molecule has 0 saturated heterocycles. The Labute approximate surface area is 96.7 Å². The van der Waals surface area contributed by atoms with E-state index in [9.17, 15) is 4.79 Å². The number of hydrogen-bond donors (Lipinski definition) is 1. The number of rotatable bonds is 1. The minimum atomic E-state index is -0.841. The van der Waals surface area contributed by atoms with Gasteiger partial charge in [-0.05, 0) is 36.7 Å². The van der Waals surface area contributed by atoms with E-state index < -0.39 is 5.97 Å². The molecule has 0 aromatic heterocycles. The Hall–Kier alpha value is -1.35. The van der Waals surface area contributed by atoms with E-state index in [1.54, 1.807) is 12.1 Å². The van der Waals surface area contributed by atoms with Gasteiger partial charge >= 0.3 is 5.97 Å². The average Bonchev–Trinajstić information content (AvgIpc) is 2.30. The number of carbonyl (C=O) groups is 1. The Balaban J connectivity index is 0.000000606. The normalized spacial score (nSPS) is 14.7. The van der Waals surface area contributed by atoms with E-state index in [4.69, 9.17) is 5.11 Å². The summed E-state index contributed by atoms with van der Waals surface area (Å²) in [5.74, 6) is -0.841. The summed E-state index contributed by atoms with van der Waals surface area (Å²) in [5, 5.41) is 8.83. The zero-order valence-electron chi connectivity index (χ0n) is 10.2. The molecule has 0 bridgehead atoms. The van der Waals surface area contributed by atoms with Gasteiger partial charge in [0.05, 0.1) is 5.56 Å². The molecule has 0 fully saturated rings. The second kappa shape index (κ2) is 5.66. The van der Waals surface area contributed by atoms with Gasteiger partial charge in [-0.25, -0.2) is 4.79 Å². The van der Waals surface area contributed by atoms with Gasteiger partial charge in [-0.3, -0.25) is 0 Å². The van der Waals surface area contributed by atoms with E-state index >= 15 is 0 Å². The Bertz CT molecular complexity index is 374. The van der Waals surface area contributed by atoms with Crippen molar-refractivity contribution in [3.63, 3.8) is 0 Å². The van der Waals surface area contributed by atoms with Crippen molar-refractivity contribution in [2.45, 2.75) is 26.8 Å². The Kier molecular flexibility index (Phi) is 4.50. The van der Waals surface area contributed by atoms with Gasteiger partial charge in [-0.15, -0.1) is 0 Å². The molecule has 1 N–H and O–H groups in total. The van der Waals surface area contributed by atoms with Crippen LogP contribution in [0.5, 0.6) is 0 Å². The number of hydrogen-bond acceptors (Lipinski definition) is 2. The summed E-state index contributed by atoms with van der Waals surface area (Å²) in [7, 11) is 2.08. The molecule has 3 nitrogen and oxygen atoms in total. The predicted molar refractivity (Wildman–Crippen MR) is 64.8 cm³/mol. The second-order valence-corrected chi connectivity index (χ2v) is 3.78. The topological polar surface area (TPSA) is 40.5 Å². The average molecular weight is 221 g/mol. The van der Waals surface area contributed by atoms with E-state index in [-0.39, 0.29) is 0 Å². The van der Waals surface area contributed by atoms with Crippen LogP contribution in [0.2, 0.25) is 0 Å². The number of nitrogens with zero attached hydrogens (tertiary/aromatic N) is 1. The van der Waals surface area contributed by atoms with Crippen LogP contribution in [0.3, 0.4) is 0 Å². The van der Waals surface area contributed by atoms with Crippen molar-refractivity contribution < 1.29 is 9.90 Å². The Morgan fingerprint density at radius 1 is 1.31 bits per heavy atom. The molecule has 1 aliphatic heterocycles. The number of carboxylic acid groups (broad SMARTS) is 1. The quantitative estimate of drug-likeness (QED) is 0.791. The summed E-state index contributed by atoms with van der Waals surface area (Å²) < 4.78 is 0. The van der Waals surface area contributed by atoms with E-state index in [2.05, 4.69) is 11.9 Å². The number of fused-ring (bicyclic) bond motifs is 1. The lowest BCUT2D eigenvalue weighted by molar-refractivity contribution is 0.0696. The summed E-state index contributed by atoms with van der Waals surface area (Å²) in [4.78, 5) is 13.0. The largest absolute Gasteiger partial charge is 0.478 e. The van der Waals surface area contributed by atoms with Gasteiger partial charge < -0.3 is 10.0 Å². The molecular formula is C13H19NO2. The highest BCUT2D eigenvalue weighted by atomic mass is 16.4. The molecule has 0 saturated carbocycles. The summed E-state index contributed by atoms with van der Waals surface area (Å²) in [6.45, 7) is 5.94. The van der Waals surface area contributed by atoms with Crippen LogP contribution in [0.4, 0.5) is 0 Å². The summed E-state index contributed by atoms with van der Waals surface area (Å²) in [6, 6.07) is 5.40. The van der Waals surface area contributed by atoms with Crippen LogP contribution < -0.4 is 0 Å². The van der Waals surface area contributed by atoms with Crippen LogP contribution in [0, 0.1) is 0 Å². The van der Waals surface area contributed by atoms with Crippen LogP contribution in [0.15, 0.2) is 18.2 Å². The zero-order valence-corrected chi connectivity index (χ0v) is 10.2. The summed E-state index contributed by atoms with van der Waals surface area (Å²) in [6.07, 6.45) is 0.951. The fraction of sp³-hybridized carbons (Fsp3) is 0.462. The molecule has 0 amide bonds. The van der Waals surface area contributed by atoms with Gasteiger partial charge in [0, 0.05) is 13.1 Å². The molecule has 0 unspecified atom stereocenters. The lowest BCUT2D eigenvalue weighted by Crippen LogP contribution is -2.26. The van der Waals surface area contributed by atoms with Crippen LogP contribution in [0.1, 0.15) is 35.3 Å². The van der Waals surface area contributed by atoms with Crippen molar-refractivity contribution in [1.29, 1.82) is 0 Å². The first-order valence-electron chi connectivity index (χ1n) is 5.70. The molecule has 88 valence electrons. The summed E-state index contributed by atoms with van der Waals surface area (Å²) >= 11 is 0. The Morgan fingerprint density at radius 2 is 2.00 bits per heavy atom. The fourth-order valence-corrected chi connectivity index (χ4v) is 1.83. The molecule has 1 aromatic carbocycles. The van der Waals surface area contributed by atoms with E-state index in [1.165, 1.54) is 11.1 Å². The maximum Gasteiger partial charge on any atom is 0.335 e. The summed E-state index contributed by atoms with van der Waals surface area (Å²) in [5.41, 5.74) is 2.83. The van der Waals surface area contributed by atoms with E-state index in [0.717, 1.165) is 19.5 Å². The first-order chi connectivity index (χ1) is 7.66. The van der Waals surface area contributed by atoms with Crippen LogP contribution in [-0.4, -0.2) is 29.6 Å². The third-order valence-corrected chi connectivity index (χ3v) is 2.66. The van der Waals surface area contributed by atoms with Gasteiger partial charge in [0.1, 0.15) is 0 Å². The fourth-order valence-electron chi connectivity index (χ4n) is 1.83. The first-order valence-corrected chi connectivity index (χ1v) is 5.70. The minimum absolute atomic E-state index is 0.397. The highest BCUT2D eigenvalue weighted by molar-refractivity contribution is 5.87. The van der Waals surface area contributed by atoms with Crippen LogP contribution in [-0.2, 0) is 13.0 Å². The van der Waals surface area contributed by atoms with Crippen molar-refractivity contribution >= 4 is 5.97 Å². The molecule has 3 heteroatoms. The monoisotopic (exact) mass is 221 g/mol. The Morgan fingerprint density at radius 3 is 2.62 bits per heavy atom. The molecule has 1 aliphatic rings. The first kappa shape index (κ1) is 12.7.